The molecule has 1 amide bonds. The van der Waals surface area contributed by atoms with Crippen molar-refractivity contribution in [2.45, 2.75) is 39.7 Å². The molecule has 0 unspecified atom stereocenters. The lowest BCUT2D eigenvalue weighted by Gasteiger charge is -2.19. The van der Waals surface area contributed by atoms with Gasteiger partial charge in [0.25, 0.3) is 0 Å². The van der Waals surface area contributed by atoms with Crippen LogP contribution in [0.5, 0.6) is 5.75 Å². The van der Waals surface area contributed by atoms with Gasteiger partial charge in [-0.2, -0.15) is 0 Å². The van der Waals surface area contributed by atoms with Crippen molar-refractivity contribution in [1.29, 1.82) is 0 Å². The van der Waals surface area contributed by atoms with Crippen molar-refractivity contribution in [3.05, 3.63) is 29.3 Å². The molecule has 0 aliphatic carbocycles. The molecule has 0 saturated heterocycles. The van der Waals surface area contributed by atoms with Crippen molar-refractivity contribution in [3.8, 4) is 17.6 Å². The van der Waals surface area contributed by atoms with Crippen molar-refractivity contribution in [2.75, 3.05) is 6.54 Å². The number of benzene rings is 1. The van der Waals surface area contributed by atoms with Crippen LogP contribution in [-0.2, 0) is 4.74 Å². The van der Waals surface area contributed by atoms with Gasteiger partial charge < -0.3 is 15.2 Å². The molecule has 0 bridgehead atoms. The van der Waals surface area contributed by atoms with E-state index in [-0.39, 0.29) is 5.75 Å². The molecular formula is C16H21NO3. The number of carbonyl (C=O) groups is 1. The Bertz CT molecular complexity index is 513. The molecule has 0 atom stereocenters. The van der Waals surface area contributed by atoms with E-state index in [1.54, 1.807) is 12.1 Å². The molecule has 0 spiro atoms. The van der Waals surface area contributed by atoms with Gasteiger partial charge in [0.2, 0.25) is 0 Å². The van der Waals surface area contributed by atoms with Gasteiger partial charge >= 0.3 is 6.09 Å². The molecule has 20 heavy (non-hydrogen) atoms. The Morgan fingerprint density at radius 3 is 2.65 bits per heavy atom. The second-order valence-corrected chi connectivity index (χ2v) is 5.54. The summed E-state index contributed by atoms with van der Waals surface area (Å²) < 4.78 is 5.10. The molecule has 0 radical (unpaired) electrons. The third-order valence-electron chi connectivity index (χ3n) is 2.21. The van der Waals surface area contributed by atoms with Gasteiger partial charge in [-0.25, -0.2) is 4.79 Å². The minimum Gasteiger partial charge on any atom is -0.508 e. The zero-order valence-corrected chi connectivity index (χ0v) is 12.4. The Balaban J connectivity index is 2.38. The van der Waals surface area contributed by atoms with Crippen LogP contribution in [0.3, 0.4) is 0 Å². The smallest absolute Gasteiger partial charge is 0.407 e. The molecule has 4 heteroatoms. The van der Waals surface area contributed by atoms with Gasteiger partial charge in [0, 0.05) is 18.5 Å². The standard InChI is InChI=1S/C16H21NO3/c1-12-9-13(11-14(18)10-12)7-5-6-8-17-15(19)20-16(2,3)4/h9-11,18H,6,8H2,1-4H3,(H,17,19). The van der Waals surface area contributed by atoms with E-state index in [1.807, 2.05) is 33.8 Å². The van der Waals surface area contributed by atoms with Gasteiger partial charge in [-0.1, -0.05) is 11.8 Å². The van der Waals surface area contributed by atoms with Crippen molar-refractivity contribution < 1.29 is 14.6 Å². The predicted octanol–water partition coefficient (Wildman–Crippen LogP) is 2.97. The number of amides is 1. The Labute approximate surface area is 120 Å². The number of aromatic hydroxyl groups is 1. The van der Waals surface area contributed by atoms with E-state index in [4.69, 9.17) is 4.74 Å². The Hall–Kier alpha value is -2.15. The summed E-state index contributed by atoms with van der Waals surface area (Å²) in [5, 5.41) is 12.1. The number of rotatable bonds is 2. The molecule has 1 aromatic rings. The third-order valence-corrected chi connectivity index (χ3v) is 2.21. The maximum atomic E-state index is 11.4. The highest BCUT2D eigenvalue weighted by Crippen LogP contribution is 2.13. The number of phenolic OH excluding ortho intramolecular Hbond substituents is 1. The summed E-state index contributed by atoms with van der Waals surface area (Å²) in [5.41, 5.74) is 1.23. The quantitative estimate of drug-likeness (QED) is 0.644. The van der Waals surface area contributed by atoms with Crippen molar-refractivity contribution >= 4 is 6.09 Å². The average molecular weight is 275 g/mol. The van der Waals surface area contributed by atoms with Gasteiger partial charge in [0.05, 0.1) is 0 Å². The first-order chi connectivity index (χ1) is 9.26. The SMILES string of the molecule is Cc1cc(O)cc(C#CCCNC(=O)OC(C)(C)C)c1. The van der Waals surface area contributed by atoms with E-state index in [1.165, 1.54) is 0 Å². The second kappa shape index (κ2) is 6.85. The summed E-state index contributed by atoms with van der Waals surface area (Å²) in [4.78, 5) is 11.4. The lowest BCUT2D eigenvalue weighted by molar-refractivity contribution is 0.0529. The maximum absolute atomic E-state index is 11.4. The summed E-state index contributed by atoms with van der Waals surface area (Å²) in [7, 11) is 0. The first-order valence-corrected chi connectivity index (χ1v) is 6.53. The zero-order chi connectivity index (χ0) is 15.2. The Morgan fingerprint density at radius 1 is 1.35 bits per heavy atom. The highest BCUT2D eigenvalue weighted by molar-refractivity contribution is 5.67. The van der Waals surface area contributed by atoms with E-state index in [2.05, 4.69) is 17.2 Å². The number of carbonyl (C=O) groups excluding carboxylic acids is 1. The van der Waals surface area contributed by atoms with Crippen LogP contribution in [-0.4, -0.2) is 23.3 Å². The van der Waals surface area contributed by atoms with Crippen molar-refractivity contribution in [2.24, 2.45) is 0 Å². The summed E-state index contributed by atoms with van der Waals surface area (Å²) >= 11 is 0. The topological polar surface area (TPSA) is 58.6 Å². The molecular weight excluding hydrogens is 254 g/mol. The molecule has 4 nitrogen and oxygen atoms in total. The molecule has 0 aliphatic heterocycles. The van der Waals surface area contributed by atoms with Crippen LogP contribution in [0.15, 0.2) is 18.2 Å². The van der Waals surface area contributed by atoms with Crippen LogP contribution >= 0.6 is 0 Å². The van der Waals surface area contributed by atoms with Gasteiger partial charge in [-0.05, 0) is 51.5 Å². The van der Waals surface area contributed by atoms with E-state index >= 15 is 0 Å². The van der Waals surface area contributed by atoms with E-state index < -0.39 is 11.7 Å². The number of aryl methyl sites for hydroxylation is 1. The summed E-state index contributed by atoms with van der Waals surface area (Å²) in [6, 6.07) is 5.19. The molecule has 2 N–H and O–H groups in total. The first kappa shape index (κ1) is 15.9. The molecule has 108 valence electrons. The fourth-order valence-corrected chi connectivity index (χ4v) is 1.54. The largest absolute Gasteiger partial charge is 0.508 e. The monoisotopic (exact) mass is 275 g/mol. The van der Waals surface area contributed by atoms with Gasteiger partial charge in [0.15, 0.2) is 0 Å². The predicted molar refractivity (Wildman–Crippen MR) is 78.6 cm³/mol. The minimum atomic E-state index is -0.491. The van der Waals surface area contributed by atoms with E-state index in [9.17, 15) is 9.90 Å². The minimum absolute atomic E-state index is 0.209. The Morgan fingerprint density at radius 2 is 2.05 bits per heavy atom. The van der Waals surface area contributed by atoms with E-state index in [0.29, 0.717) is 13.0 Å². The first-order valence-electron chi connectivity index (χ1n) is 6.53. The molecule has 1 aromatic carbocycles. The van der Waals surface area contributed by atoms with Gasteiger partial charge in [-0.3, -0.25) is 0 Å². The van der Waals surface area contributed by atoms with Crippen LogP contribution in [0.1, 0.15) is 38.3 Å². The molecule has 0 aliphatic rings. The lowest BCUT2D eigenvalue weighted by atomic mass is 10.1. The molecule has 0 aromatic heterocycles. The van der Waals surface area contributed by atoms with Crippen LogP contribution in [0.2, 0.25) is 0 Å². The Kier molecular flexibility index (Phi) is 5.45. The molecule has 1 rings (SSSR count). The van der Waals surface area contributed by atoms with Crippen LogP contribution in [0, 0.1) is 18.8 Å². The highest BCUT2D eigenvalue weighted by atomic mass is 16.6. The maximum Gasteiger partial charge on any atom is 0.407 e. The number of ether oxygens (including phenoxy) is 1. The number of hydrogen-bond acceptors (Lipinski definition) is 3. The zero-order valence-electron chi connectivity index (χ0n) is 12.4. The summed E-state index contributed by atoms with van der Waals surface area (Å²) in [6.07, 6.45) is 0.0843. The third kappa shape index (κ3) is 6.69. The van der Waals surface area contributed by atoms with Crippen LogP contribution in [0.25, 0.3) is 0 Å². The molecule has 0 fully saturated rings. The van der Waals surface area contributed by atoms with Crippen molar-refractivity contribution in [3.63, 3.8) is 0 Å². The van der Waals surface area contributed by atoms with Gasteiger partial charge in [-0.15, -0.1) is 0 Å². The highest BCUT2D eigenvalue weighted by Gasteiger charge is 2.15. The number of nitrogens with one attached hydrogen (secondary N) is 1. The van der Waals surface area contributed by atoms with Crippen molar-refractivity contribution in [1.82, 2.24) is 5.32 Å². The normalized spacial score (nSPS) is 10.4. The fraction of sp³-hybridized carbons (Fsp3) is 0.438. The summed E-state index contributed by atoms with van der Waals surface area (Å²) in [5.74, 6) is 6.10. The van der Waals surface area contributed by atoms with Gasteiger partial charge in [0.1, 0.15) is 11.4 Å². The summed E-state index contributed by atoms with van der Waals surface area (Å²) in [6.45, 7) is 7.78. The lowest BCUT2D eigenvalue weighted by Crippen LogP contribution is -2.32. The average Bonchev–Trinajstić information content (AvgIpc) is 2.24. The van der Waals surface area contributed by atoms with E-state index in [0.717, 1.165) is 11.1 Å². The second-order valence-electron chi connectivity index (χ2n) is 5.54. The fourth-order valence-electron chi connectivity index (χ4n) is 1.54. The number of phenols is 1. The molecule has 0 heterocycles. The number of alkyl carbamates (subject to hydrolysis) is 1. The molecule has 0 saturated carbocycles. The van der Waals surface area contributed by atoms with Crippen LogP contribution in [0.4, 0.5) is 4.79 Å². The number of hydrogen-bond donors (Lipinski definition) is 2. The van der Waals surface area contributed by atoms with Crippen LogP contribution < -0.4 is 5.32 Å².